The number of anilines is 1. The van der Waals surface area contributed by atoms with Crippen molar-refractivity contribution in [3.63, 3.8) is 0 Å². The fourth-order valence-corrected chi connectivity index (χ4v) is 3.61. The van der Waals surface area contributed by atoms with Crippen LogP contribution in [0.2, 0.25) is 0 Å². The van der Waals surface area contributed by atoms with Crippen LogP contribution in [0.1, 0.15) is 43.6 Å². The Morgan fingerprint density at radius 1 is 1.04 bits per heavy atom. The van der Waals surface area contributed by atoms with Gasteiger partial charge in [-0.3, -0.25) is 14.5 Å². The Balaban J connectivity index is 1.54. The first-order valence-electron chi connectivity index (χ1n) is 9.78. The molecule has 3 rings (SSSR count). The summed E-state index contributed by atoms with van der Waals surface area (Å²) in [6, 6.07) is 5.59. The van der Waals surface area contributed by atoms with E-state index in [1.165, 1.54) is 0 Å². The molecule has 0 aromatic heterocycles. The van der Waals surface area contributed by atoms with Gasteiger partial charge in [0.2, 0.25) is 5.91 Å². The molecule has 7 nitrogen and oxygen atoms in total. The monoisotopic (exact) mass is 387 g/mol. The number of fused-ring (bicyclic) bond motifs is 1. The highest BCUT2D eigenvalue weighted by Crippen LogP contribution is 2.29. The first-order chi connectivity index (χ1) is 13.1. The standard InChI is InChI=1S/C21H29N3O4/c1-15(25)24-8-7-16-13-17(5-6-18(16)24)19(26)14-22-9-11-23(12-10-22)20(27)28-21(2,3)4/h5-6,13H,7-12,14H2,1-4H3. The van der Waals surface area contributed by atoms with Crippen LogP contribution < -0.4 is 4.90 Å². The van der Waals surface area contributed by atoms with Crippen LogP contribution in [0.25, 0.3) is 0 Å². The van der Waals surface area contributed by atoms with Crippen molar-refractivity contribution in [1.82, 2.24) is 9.80 Å². The van der Waals surface area contributed by atoms with Gasteiger partial charge >= 0.3 is 6.09 Å². The molecule has 0 radical (unpaired) electrons. The Morgan fingerprint density at radius 3 is 2.32 bits per heavy atom. The summed E-state index contributed by atoms with van der Waals surface area (Å²) < 4.78 is 5.40. The molecule has 0 atom stereocenters. The van der Waals surface area contributed by atoms with Gasteiger partial charge in [0.25, 0.3) is 0 Å². The number of benzene rings is 1. The van der Waals surface area contributed by atoms with E-state index in [9.17, 15) is 14.4 Å². The highest BCUT2D eigenvalue weighted by molar-refractivity contribution is 6.00. The van der Waals surface area contributed by atoms with Gasteiger partial charge in [-0.2, -0.15) is 0 Å². The molecule has 0 aliphatic carbocycles. The van der Waals surface area contributed by atoms with Crippen LogP contribution in [0.5, 0.6) is 0 Å². The second kappa shape index (κ2) is 7.91. The molecule has 2 aliphatic heterocycles. The number of amides is 2. The van der Waals surface area contributed by atoms with Crippen LogP contribution >= 0.6 is 0 Å². The normalized spacial score (nSPS) is 17.4. The van der Waals surface area contributed by atoms with E-state index >= 15 is 0 Å². The minimum atomic E-state index is -0.504. The van der Waals surface area contributed by atoms with Crippen LogP contribution in [-0.4, -0.2) is 72.5 Å². The number of nitrogens with zero attached hydrogens (tertiary/aromatic N) is 3. The number of hydrogen-bond donors (Lipinski definition) is 0. The Labute approximate surface area is 166 Å². The molecule has 0 saturated carbocycles. The number of carbonyl (C=O) groups is 3. The molecule has 0 unspecified atom stereocenters. The van der Waals surface area contributed by atoms with E-state index in [-0.39, 0.29) is 17.8 Å². The van der Waals surface area contributed by atoms with E-state index in [0.717, 1.165) is 17.7 Å². The van der Waals surface area contributed by atoms with E-state index in [2.05, 4.69) is 4.90 Å². The maximum absolute atomic E-state index is 12.7. The van der Waals surface area contributed by atoms with Crippen molar-refractivity contribution in [3.05, 3.63) is 29.3 Å². The van der Waals surface area contributed by atoms with Crippen molar-refractivity contribution in [2.24, 2.45) is 0 Å². The predicted molar refractivity (Wildman–Crippen MR) is 107 cm³/mol. The predicted octanol–water partition coefficient (Wildman–Crippen LogP) is 2.33. The fraction of sp³-hybridized carbons (Fsp3) is 0.571. The summed E-state index contributed by atoms with van der Waals surface area (Å²) in [6.07, 6.45) is 0.483. The lowest BCUT2D eigenvalue weighted by Crippen LogP contribution is -2.51. The van der Waals surface area contributed by atoms with Gasteiger partial charge in [0.1, 0.15) is 5.60 Å². The van der Waals surface area contributed by atoms with Crippen LogP contribution in [0.3, 0.4) is 0 Å². The topological polar surface area (TPSA) is 70.2 Å². The third-order valence-corrected chi connectivity index (χ3v) is 5.07. The molecular weight excluding hydrogens is 358 g/mol. The highest BCUT2D eigenvalue weighted by atomic mass is 16.6. The SMILES string of the molecule is CC(=O)N1CCc2cc(C(=O)CN3CCN(C(=O)OC(C)(C)C)CC3)ccc21. The van der Waals surface area contributed by atoms with Gasteiger partial charge in [-0.1, -0.05) is 0 Å². The molecule has 2 heterocycles. The molecule has 1 fully saturated rings. The van der Waals surface area contributed by atoms with Crippen molar-refractivity contribution >= 4 is 23.5 Å². The second-order valence-corrected chi connectivity index (χ2v) is 8.43. The van der Waals surface area contributed by atoms with E-state index < -0.39 is 5.60 Å². The summed E-state index contributed by atoms with van der Waals surface area (Å²) in [7, 11) is 0. The average Bonchev–Trinajstić information content (AvgIpc) is 3.04. The zero-order valence-corrected chi connectivity index (χ0v) is 17.2. The summed E-state index contributed by atoms with van der Waals surface area (Å²) in [5.41, 5.74) is 2.14. The number of hydrogen-bond acceptors (Lipinski definition) is 5. The van der Waals surface area contributed by atoms with Crippen LogP contribution in [0.15, 0.2) is 18.2 Å². The maximum atomic E-state index is 12.7. The molecule has 0 N–H and O–H groups in total. The molecule has 1 saturated heterocycles. The first-order valence-corrected chi connectivity index (χ1v) is 9.78. The molecule has 2 aliphatic rings. The molecule has 2 amide bonds. The van der Waals surface area contributed by atoms with Gasteiger partial charge in [-0.25, -0.2) is 4.79 Å². The number of ketones is 1. The zero-order chi connectivity index (χ0) is 20.5. The highest BCUT2D eigenvalue weighted by Gasteiger charge is 2.27. The van der Waals surface area contributed by atoms with Crippen LogP contribution in [-0.2, 0) is 16.0 Å². The number of rotatable bonds is 3. The van der Waals surface area contributed by atoms with Crippen molar-refractivity contribution in [1.29, 1.82) is 0 Å². The van der Waals surface area contributed by atoms with Crippen LogP contribution in [0.4, 0.5) is 10.5 Å². The molecule has 0 spiro atoms. The lowest BCUT2D eigenvalue weighted by molar-refractivity contribution is -0.116. The summed E-state index contributed by atoms with van der Waals surface area (Å²) in [4.78, 5) is 42.0. The van der Waals surface area contributed by atoms with Crippen molar-refractivity contribution < 1.29 is 19.1 Å². The van der Waals surface area contributed by atoms with Crippen molar-refractivity contribution in [2.75, 3.05) is 44.2 Å². The zero-order valence-electron chi connectivity index (χ0n) is 17.2. The van der Waals surface area contributed by atoms with Gasteiger partial charge < -0.3 is 14.5 Å². The average molecular weight is 387 g/mol. The molecular formula is C21H29N3O4. The molecule has 7 heteroatoms. The molecule has 0 bridgehead atoms. The molecule has 1 aromatic carbocycles. The Hall–Kier alpha value is -2.41. The lowest BCUT2D eigenvalue weighted by Gasteiger charge is -2.35. The fourth-order valence-electron chi connectivity index (χ4n) is 3.61. The van der Waals surface area contributed by atoms with Crippen molar-refractivity contribution in [2.45, 2.75) is 39.7 Å². The summed E-state index contributed by atoms with van der Waals surface area (Å²) in [5, 5.41) is 0. The van der Waals surface area contributed by atoms with E-state index in [0.29, 0.717) is 44.8 Å². The van der Waals surface area contributed by atoms with Gasteiger partial charge in [-0.15, -0.1) is 0 Å². The minimum Gasteiger partial charge on any atom is -0.444 e. The molecule has 28 heavy (non-hydrogen) atoms. The van der Waals surface area contributed by atoms with Crippen LogP contribution in [0, 0.1) is 0 Å². The van der Waals surface area contributed by atoms with E-state index in [1.54, 1.807) is 22.8 Å². The van der Waals surface area contributed by atoms with Gasteiger partial charge in [-0.05, 0) is 51.0 Å². The third kappa shape index (κ3) is 4.70. The third-order valence-electron chi connectivity index (χ3n) is 5.07. The number of ether oxygens (including phenoxy) is 1. The second-order valence-electron chi connectivity index (χ2n) is 8.43. The molecule has 1 aromatic rings. The Kier molecular flexibility index (Phi) is 5.74. The maximum Gasteiger partial charge on any atom is 0.410 e. The smallest absolute Gasteiger partial charge is 0.410 e. The lowest BCUT2D eigenvalue weighted by atomic mass is 10.0. The first kappa shape index (κ1) is 20.3. The summed E-state index contributed by atoms with van der Waals surface area (Å²) in [6.45, 7) is 10.5. The van der Waals surface area contributed by atoms with E-state index in [4.69, 9.17) is 4.74 Å². The number of carbonyl (C=O) groups excluding carboxylic acids is 3. The Morgan fingerprint density at radius 2 is 1.71 bits per heavy atom. The van der Waals surface area contributed by atoms with E-state index in [1.807, 2.05) is 32.9 Å². The minimum absolute atomic E-state index is 0.0284. The van der Waals surface area contributed by atoms with Gasteiger partial charge in [0.05, 0.1) is 6.54 Å². The number of Topliss-reactive ketones (excluding diaryl/α,β-unsaturated/α-hetero) is 1. The quantitative estimate of drug-likeness (QED) is 0.745. The summed E-state index contributed by atoms with van der Waals surface area (Å²) >= 11 is 0. The van der Waals surface area contributed by atoms with Gasteiger partial charge in [0, 0.05) is 50.9 Å². The van der Waals surface area contributed by atoms with Crippen molar-refractivity contribution in [3.8, 4) is 0 Å². The van der Waals surface area contributed by atoms with Gasteiger partial charge in [0.15, 0.2) is 5.78 Å². The summed E-state index contributed by atoms with van der Waals surface area (Å²) in [5.74, 6) is 0.0930. The Bertz CT molecular complexity index is 776. The largest absolute Gasteiger partial charge is 0.444 e. The molecule has 152 valence electrons. The number of piperazine rings is 1.